The van der Waals surface area contributed by atoms with Crippen LogP contribution in [0, 0.1) is 11.6 Å². The van der Waals surface area contributed by atoms with Crippen molar-refractivity contribution in [3.8, 4) is 16.9 Å². The topological polar surface area (TPSA) is 20.2 Å². The number of benzene rings is 5. The summed E-state index contributed by atoms with van der Waals surface area (Å²) >= 11 is 0. The highest BCUT2D eigenvalue weighted by Gasteiger charge is 2.23. The molecular formula is C28H19F2OP. The van der Waals surface area contributed by atoms with E-state index >= 15 is 0 Å². The molecule has 0 aliphatic heterocycles. The van der Waals surface area contributed by atoms with Crippen LogP contribution in [0.1, 0.15) is 0 Å². The van der Waals surface area contributed by atoms with Crippen molar-refractivity contribution in [1.29, 1.82) is 0 Å². The second-order valence-corrected chi connectivity index (χ2v) is 9.67. The third-order valence-electron chi connectivity index (χ3n) is 5.49. The van der Waals surface area contributed by atoms with E-state index in [2.05, 4.69) is 12.1 Å². The van der Waals surface area contributed by atoms with E-state index in [1.54, 1.807) is 36.4 Å². The van der Waals surface area contributed by atoms with Gasteiger partial charge in [0.2, 0.25) is 0 Å². The molecule has 0 atom stereocenters. The molecule has 0 aromatic heterocycles. The Morgan fingerprint density at radius 2 is 1.12 bits per heavy atom. The normalized spacial score (nSPS) is 11.2. The zero-order chi connectivity index (χ0) is 22.1. The SMILES string of the molecule is Oc1ccccc1-c1c(P(c2ccc(F)cc2)c2ccc(F)cc2)ccc2ccccc12. The first-order valence-corrected chi connectivity index (χ1v) is 11.6. The lowest BCUT2D eigenvalue weighted by atomic mass is 9.97. The average molecular weight is 440 g/mol. The minimum atomic E-state index is -1.15. The summed E-state index contributed by atoms with van der Waals surface area (Å²) in [4.78, 5) is 0. The predicted octanol–water partition coefficient (Wildman–Crippen LogP) is 6.25. The van der Waals surface area contributed by atoms with Gasteiger partial charge in [-0.15, -0.1) is 0 Å². The van der Waals surface area contributed by atoms with Crippen molar-refractivity contribution < 1.29 is 13.9 Å². The molecule has 0 radical (unpaired) electrons. The lowest BCUT2D eigenvalue weighted by molar-refractivity contribution is 0.477. The standard InChI is InChI=1S/C28H19F2OP/c29-20-10-14-22(15-11-20)32(23-16-12-21(30)13-17-23)27-18-9-19-5-1-2-6-24(19)28(27)25-7-3-4-8-26(25)31/h1-18,31H. The minimum Gasteiger partial charge on any atom is -0.507 e. The van der Waals surface area contributed by atoms with Gasteiger partial charge in [-0.25, -0.2) is 8.78 Å². The summed E-state index contributed by atoms with van der Waals surface area (Å²) in [7, 11) is -1.15. The highest BCUT2D eigenvalue weighted by atomic mass is 31.1. The van der Waals surface area contributed by atoms with E-state index in [9.17, 15) is 13.9 Å². The highest BCUT2D eigenvalue weighted by Crippen LogP contribution is 2.42. The summed E-state index contributed by atoms with van der Waals surface area (Å²) in [6, 6.07) is 32.4. The molecule has 0 fully saturated rings. The van der Waals surface area contributed by atoms with E-state index in [0.29, 0.717) is 0 Å². The molecule has 0 saturated heterocycles. The highest BCUT2D eigenvalue weighted by molar-refractivity contribution is 7.80. The maximum atomic E-state index is 13.7. The molecule has 0 aliphatic rings. The molecule has 0 bridgehead atoms. The quantitative estimate of drug-likeness (QED) is 0.328. The Labute approximate surface area is 186 Å². The van der Waals surface area contributed by atoms with Gasteiger partial charge in [0.25, 0.3) is 0 Å². The van der Waals surface area contributed by atoms with Crippen LogP contribution in [-0.2, 0) is 0 Å². The molecule has 1 N–H and O–H groups in total. The number of halogens is 2. The maximum absolute atomic E-state index is 13.7. The van der Waals surface area contributed by atoms with Crippen LogP contribution in [0.3, 0.4) is 0 Å². The Kier molecular flexibility index (Phi) is 5.43. The lowest BCUT2D eigenvalue weighted by Gasteiger charge is -2.24. The van der Waals surface area contributed by atoms with Crippen molar-refractivity contribution in [2.75, 3.05) is 0 Å². The van der Waals surface area contributed by atoms with Crippen LogP contribution in [0.2, 0.25) is 0 Å². The average Bonchev–Trinajstić information content (AvgIpc) is 2.82. The largest absolute Gasteiger partial charge is 0.507 e. The van der Waals surface area contributed by atoms with Crippen LogP contribution in [0.5, 0.6) is 5.75 Å². The molecule has 5 rings (SSSR count). The predicted molar refractivity (Wildman–Crippen MR) is 130 cm³/mol. The van der Waals surface area contributed by atoms with E-state index in [1.165, 1.54) is 24.3 Å². The van der Waals surface area contributed by atoms with E-state index in [4.69, 9.17) is 0 Å². The van der Waals surface area contributed by atoms with Crippen LogP contribution in [0.15, 0.2) is 109 Å². The first-order valence-electron chi connectivity index (χ1n) is 10.2. The van der Waals surface area contributed by atoms with Crippen LogP contribution < -0.4 is 15.9 Å². The monoisotopic (exact) mass is 440 g/mol. The van der Waals surface area contributed by atoms with Crippen molar-refractivity contribution in [3.63, 3.8) is 0 Å². The van der Waals surface area contributed by atoms with Crippen LogP contribution in [-0.4, -0.2) is 5.11 Å². The zero-order valence-corrected chi connectivity index (χ0v) is 17.9. The molecule has 0 unspecified atom stereocenters. The molecule has 0 amide bonds. The fourth-order valence-electron chi connectivity index (χ4n) is 4.02. The number of phenols is 1. The van der Waals surface area contributed by atoms with Gasteiger partial charge in [-0.3, -0.25) is 0 Å². The molecule has 156 valence electrons. The molecule has 32 heavy (non-hydrogen) atoms. The molecule has 4 heteroatoms. The first-order chi connectivity index (χ1) is 15.6. The molecule has 0 saturated carbocycles. The van der Waals surface area contributed by atoms with Gasteiger partial charge in [-0.05, 0) is 64.9 Å². The van der Waals surface area contributed by atoms with E-state index in [-0.39, 0.29) is 17.4 Å². The molecule has 0 spiro atoms. The second-order valence-electron chi connectivity index (χ2n) is 7.49. The molecule has 5 aromatic rings. The number of hydrogen-bond acceptors (Lipinski definition) is 1. The van der Waals surface area contributed by atoms with E-state index in [0.717, 1.165) is 37.8 Å². The van der Waals surface area contributed by atoms with Crippen molar-refractivity contribution in [3.05, 3.63) is 121 Å². The summed E-state index contributed by atoms with van der Waals surface area (Å²) in [5, 5.41) is 15.7. The van der Waals surface area contributed by atoms with Crippen molar-refractivity contribution in [1.82, 2.24) is 0 Å². The zero-order valence-electron chi connectivity index (χ0n) is 17.0. The number of para-hydroxylation sites is 1. The van der Waals surface area contributed by atoms with Crippen LogP contribution in [0.4, 0.5) is 8.78 Å². The summed E-state index contributed by atoms with van der Waals surface area (Å²) in [5.41, 5.74) is 1.66. The van der Waals surface area contributed by atoms with Crippen LogP contribution in [0.25, 0.3) is 21.9 Å². The van der Waals surface area contributed by atoms with Gasteiger partial charge >= 0.3 is 0 Å². The Hall–Kier alpha value is -3.55. The van der Waals surface area contributed by atoms with Gasteiger partial charge in [0, 0.05) is 11.1 Å². The second kappa shape index (κ2) is 8.53. The summed E-state index contributed by atoms with van der Waals surface area (Å²) in [6.07, 6.45) is 0. The molecule has 1 nitrogen and oxygen atoms in total. The van der Waals surface area contributed by atoms with Gasteiger partial charge in [-0.1, -0.05) is 78.9 Å². The van der Waals surface area contributed by atoms with E-state index < -0.39 is 7.92 Å². The van der Waals surface area contributed by atoms with Crippen LogP contribution >= 0.6 is 7.92 Å². The van der Waals surface area contributed by atoms with Gasteiger partial charge in [0.05, 0.1) is 0 Å². The third-order valence-corrected chi connectivity index (χ3v) is 7.97. The number of phenolic OH excluding ortho intramolecular Hbond substituents is 1. The summed E-state index contributed by atoms with van der Waals surface area (Å²) < 4.78 is 27.5. The van der Waals surface area contributed by atoms with Gasteiger partial charge < -0.3 is 5.11 Å². The van der Waals surface area contributed by atoms with E-state index in [1.807, 2.05) is 36.4 Å². The number of rotatable bonds is 4. The van der Waals surface area contributed by atoms with Gasteiger partial charge in [0.1, 0.15) is 17.4 Å². The number of aromatic hydroxyl groups is 1. The summed E-state index contributed by atoms with van der Waals surface area (Å²) in [5.74, 6) is -0.414. The first kappa shape index (κ1) is 20.4. The molecule has 0 aliphatic carbocycles. The third kappa shape index (κ3) is 3.77. The summed E-state index contributed by atoms with van der Waals surface area (Å²) in [6.45, 7) is 0. The fraction of sp³-hybridized carbons (Fsp3) is 0. The van der Waals surface area contributed by atoms with Gasteiger partial charge in [0.15, 0.2) is 0 Å². The Morgan fingerprint density at radius 1 is 0.562 bits per heavy atom. The molecule has 5 aromatic carbocycles. The Morgan fingerprint density at radius 3 is 1.75 bits per heavy atom. The van der Waals surface area contributed by atoms with Crippen molar-refractivity contribution in [2.45, 2.75) is 0 Å². The number of hydrogen-bond donors (Lipinski definition) is 1. The smallest absolute Gasteiger partial charge is 0.123 e. The lowest BCUT2D eigenvalue weighted by Crippen LogP contribution is -2.22. The number of fused-ring (bicyclic) bond motifs is 1. The maximum Gasteiger partial charge on any atom is 0.123 e. The molecule has 0 heterocycles. The van der Waals surface area contributed by atoms with Crippen molar-refractivity contribution in [2.24, 2.45) is 0 Å². The minimum absolute atomic E-state index is 0.193. The van der Waals surface area contributed by atoms with Gasteiger partial charge in [-0.2, -0.15) is 0 Å². The van der Waals surface area contributed by atoms with Crippen molar-refractivity contribution >= 4 is 34.6 Å². The Balaban J connectivity index is 1.85. The Bertz CT molecular complexity index is 1350. The molecular weight excluding hydrogens is 421 g/mol. The fourth-order valence-corrected chi connectivity index (χ4v) is 6.46.